The molecule has 0 bridgehead atoms. The first-order chi connectivity index (χ1) is 10.6. The van der Waals surface area contributed by atoms with Crippen LogP contribution in [0.5, 0.6) is 0 Å². The van der Waals surface area contributed by atoms with Gasteiger partial charge in [0.1, 0.15) is 0 Å². The molecule has 6 nitrogen and oxygen atoms in total. The van der Waals surface area contributed by atoms with E-state index in [9.17, 15) is 8.42 Å². The van der Waals surface area contributed by atoms with Crippen LogP contribution in [0.25, 0.3) is 0 Å². The van der Waals surface area contributed by atoms with Crippen molar-refractivity contribution in [1.29, 1.82) is 0 Å². The second-order valence-corrected chi connectivity index (χ2v) is 8.36. The number of nitrogens with zero attached hydrogens (tertiary/aromatic N) is 1. The van der Waals surface area contributed by atoms with Crippen molar-refractivity contribution < 1.29 is 13.2 Å². The average molecular weight is 459 g/mol. The Kier molecular flexibility index (Phi) is 9.76. The molecule has 1 saturated carbocycles. The first kappa shape index (κ1) is 21.0. The molecule has 2 N–H and O–H groups in total. The van der Waals surface area contributed by atoms with E-state index in [1.165, 1.54) is 25.7 Å². The summed E-state index contributed by atoms with van der Waals surface area (Å²) in [4.78, 5) is 4.51. The molecule has 2 rings (SSSR count). The average Bonchev–Trinajstić information content (AvgIpc) is 3.08. The van der Waals surface area contributed by atoms with Crippen LogP contribution in [0.1, 0.15) is 45.4 Å². The molecule has 2 fully saturated rings. The third-order valence-electron chi connectivity index (χ3n) is 4.15. The maximum absolute atomic E-state index is 11.5. The molecule has 1 aliphatic heterocycles. The van der Waals surface area contributed by atoms with Gasteiger partial charge in [0.2, 0.25) is 0 Å². The number of sulfone groups is 1. The molecule has 1 unspecified atom stereocenters. The topological polar surface area (TPSA) is 79.8 Å². The Morgan fingerprint density at radius 3 is 2.61 bits per heavy atom. The second-order valence-electron chi connectivity index (χ2n) is 6.14. The summed E-state index contributed by atoms with van der Waals surface area (Å²) in [6.45, 7) is 4.22. The molecule has 0 spiro atoms. The van der Waals surface area contributed by atoms with Crippen molar-refractivity contribution in [3.8, 4) is 0 Å². The zero-order valence-corrected chi connectivity index (χ0v) is 17.1. The molecular formula is C15H30IN3O3S. The normalized spacial score (nSPS) is 24.4. The minimum atomic E-state index is -2.86. The van der Waals surface area contributed by atoms with Crippen LogP contribution in [0, 0.1) is 0 Å². The number of guanidine groups is 1. The summed E-state index contributed by atoms with van der Waals surface area (Å²) < 4.78 is 28.8. The van der Waals surface area contributed by atoms with Crippen molar-refractivity contribution in [2.75, 3.05) is 31.2 Å². The Balaban J connectivity index is 0.00000264. The quantitative estimate of drug-likeness (QED) is 0.262. The monoisotopic (exact) mass is 459 g/mol. The Morgan fingerprint density at radius 1 is 1.26 bits per heavy atom. The van der Waals surface area contributed by atoms with E-state index in [1.807, 2.05) is 6.92 Å². The maximum atomic E-state index is 11.5. The highest BCUT2D eigenvalue weighted by Crippen LogP contribution is 2.20. The van der Waals surface area contributed by atoms with Gasteiger partial charge in [0.15, 0.2) is 15.8 Å². The molecule has 0 amide bonds. The Hall–Kier alpha value is -0.0900. The van der Waals surface area contributed by atoms with Gasteiger partial charge in [-0.2, -0.15) is 0 Å². The number of nitrogens with one attached hydrogen (secondary N) is 2. The molecule has 8 heteroatoms. The molecule has 0 aromatic rings. The van der Waals surface area contributed by atoms with Crippen molar-refractivity contribution in [1.82, 2.24) is 10.6 Å². The Bertz CT molecular complexity index is 465. The lowest BCUT2D eigenvalue weighted by Crippen LogP contribution is -2.44. The summed E-state index contributed by atoms with van der Waals surface area (Å²) >= 11 is 0. The van der Waals surface area contributed by atoms with Crippen molar-refractivity contribution in [3.05, 3.63) is 0 Å². The van der Waals surface area contributed by atoms with E-state index in [2.05, 4.69) is 15.6 Å². The number of rotatable bonds is 7. The van der Waals surface area contributed by atoms with Gasteiger partial charge >= 0.3 is 0 Å². The van der Waals surface area contributed by atoms with E-state index in [0.717, 1.165) is 19.6 Å². The van der Waals surface area contributed by atoms with Crippen LogP contribution in [-0.4, -0.2) is 57.7 Å². The highest BCUT2D eigenvalue weighted by Gasteiger charge is 2.28. The maximum Gasteiger partial charge on any atom is 0.191 e. The Labute approximate surface area is 157 Å². The van der Waals surface area contributed by atoms with Crippen LogP contribution in [0.2, 0.25) is 0 Å². The first-order valence-corrected chi connectivity index (χ1v) is 10.3. The summed E-state index contributed by atoms with van der Waals surface area (Å²) in [7, 11) is -2.86. The van der Waals surface area contributed by atoms with Crippen molar-refractivity contribution in [2.24, 2.45) is 4.99 Å². The molecule has 2 aliphatic rings. The first-order valence-electron chi connectivity index (χ1n) is 8.46. The molecule has 23 heavy (non-hydrogen) atoms. The minimum absolute atomic E-state index is 0. The van der Waals surface area contributed by atoms with Crippen molar-refractivity contribution in [3.63, 3.8) is 0 Å². The van der Waals surface area contributed by atoms with Gasteiger partial charge in [0.05, 0.1) is 17.6 Å². The number of hydrogen-bond donors (Lipinski definition) is 2. The van der Waals surface area contributed by atoms with Crippen LogP contribution in [0.15, 0.2) is 4.99 Å². The number of halogens is 1. The third kappa shape index (κ3) is 8.02. The number of aliphatic imine (C=N–C) groups is 1. The zero-order chi connectivity index (χ0) is 15.8. The van der Waals surface area contributed by atoms with Gasteiger partial charge in [-0.3, -0.25) is 4.99 Å². The van der Waals surface area contributed by atoms with E-state index in [0.29, 0.717) is 25.0 Å². The van der Waals surface area contributed by atoms with E-state index in [4.69, 9.17) is 4.74 Å². The molecule has 1 heterocycles. The van der Waals surface area contributed by atoms with Crippen molar-refractivity contribution >= 4 is 39.8 Å². The molecule has 0 aromatic heterocycles. The van der Waals surface area contributed by atoms with Crippen LogP contribution >= 0.6 is 24.0 Å². The van der Waals surface area contributed by atoms with Gasteiger partial charge in [-0.1, -0.05) is 12.8 Å². The van der Waals surface area contributed by atoms with Crippen molar-refractivity contribution in [2.45, 2.75) is 57.6 Å². The summed E-state index contributed by atoms with van der Waals surface area (Å²) in [5.41, 5.74) is 0. The van der Waals surface area contributed by atoms with Gasteiger partial charge < -0.3 is 15.4 Å². The fourth-order valence-electron chi connectivity index (χ4n) is 2.98. The van der Waals surface area contributed by atoms with Gasteiger partial charge in [0, 0.05) is 25.7 Å². The van der Waals surface area contributed by atoms with Crippen LogP contribution in [0.3, 0.4) is 0 Å². The Morgan fingerprint density at radius 2 is 2.00 bits per heavy atom. The van der Waals surface area contributed by atoms with E-state index < -0.39 is 9.84 Å². The van der Waals surface area contributed by atoms with Gasteiger partial charge in [0.25, 0.3) is 0 Å². The number of ether oxygens (including phenoxy) is 1. The standard InChI is InChI=1S/C15H29N3O3S.HI/c1-2-16-15(18-13-8-11-22(19,20)12-13)17-9-5-10-21-14-6-3-4-7-14;/h13-14H,2-12H2,1H3,(H2,16,17,18);1H. The number of hydrogen-bond acceptors (Lipinski definition) is 4. The lowest BCUT2D eigenvalue weighted by Gasteiger charge is -2.16. The van der Waals surface area contributed by atoms with Crippen LogP contribution in [-0.2, 0) is 14.6 Å². The largest absolute Gasteiger partial charge is 0.378 e. The molecule has 1 atom stereocenters. The minimum Gasteiger partial charge on any atom is -0.378 e. The highest BCUT2D eigenvalue weighted by atomic mass is 127. The van der Waals surface area contributed by atoms with Crippen LogP contribution < -0.4 is 10.6 Å². The predicted octanol–water partition coefficient (Wildman–Crippen LogP) is 1.70. The molecule has 1 saturated heterocycles. The van der Waals surface area contributed by atoms with Gasteiger partial charge in [-0.15, -0.1) is 24.0 Å². The molecule has 1 aliphatic carbocycles. The van der Waals surface area contributed by atoms with Crippen LogP contribution in [0.4, 0.5) is 0 Å². The summed E-state index contributed by atoms with van der Waals surface area (Å²) in [6.07, 6.45) is 7.00. The van der Waals surface area contributed by atoms with E-state index >= 15 is 0 Å². The molecule has 0 radical (unpaired) electrons. The molecule has 136 valence electrons. The van der Waals surface area contributed by atoms with Gasteiger partial charge in [-0.05, 0) is 32.6 Å². The third-order valence-corrected chi connectivity index (χ3v) is 5.91. The second kappa shape index (κ2) is 10.7. The smallest absolute Gasteiger partial charge is 0.191 e. The lowest BCUT2D eigenvalue weighted by molar-refractivity contribution is 0.0579. The fourth-order valence-corrected chi connectivity index (χ4v) is 4.66. The summed E-state index contributed by atoms with van der Waals surface area (Å²) in [6, 6.07) is -0.0162. The fraction of sp³-hybridized carbons (Fsp3) is 0.933. The molecular weight excluding hydrogens is 429 g/mol. The predicted molar refractivity (Wildman–Crippen MR) is 104 cm³/mol. The zero-order valence-electron chi connectivity index (χ0n) is 13.9. The SMILES string of the molecule is CCNC(=NCCCOC1CCCC1)NC1CCS(=O)(=O)C1.I. The summed E-state index contributed by atoms with van der Waals surface area (Å²) in [5, 5.41) is 6.40. The van der Waals surface area contributed by atoms with E-state index in [-0.39, 0.29) is 41.5 Å². The van der Waals surface area contributed by atoms with E-state index in [1.54, 1.807) is 0 Å². The summed E-state index contributed by atoms with van der Waals surface area (Å²) in [5.74, 6) is 1.20. The highest BCUT2D eigenvalue weighted by molar-refractivity contribution is 14.0. The molecule has 0 aromatic carbocycles. The van der Waals surface area contributed by atoms with Gasteiger partial charge in [-0.25, -0.2) is 8.42 Å². The lowest BCUT2D eigenvalue weighted by atomic mass is 10.3.